The molecule has 1 aromatic heterocycles. The molecule has 0 bridgehead atoms. The number of thioether (sulfide) groups is 1. The Balaban J connectivity index is 1.92. The molecule has 106 valence electrons. The zero-order chi connectivity index (χ0) is 14.7. The van der Waals surface area contributed by atoms with Crippen molar-refractivity contribution in [2.45, 2.75) is 11.1 Å². The summed E-state index contributed by atoms with van der Waals surface area (Å²) in [6, 6.07) is 3.21. The molecule has 0 spiro atoms. The largest absolute Gasteiger partial charge is 0.375 e. The lowest BCUT2D eigenvalue weighted by atomic mass is 10.3. The monoisotopic (exact) mass is 315 g/mol. The van der Waals surface area contributed by atoms with Crippen LogP contribution in [0, 0.1) is 18.6 Å². The van der Waals surface area contributed by atoms with Gasteiger partial charge in [-0.3, -0.25) is 4.79 Å². The van der Waals surface area contributed by atoms with E-state index in [1.807, 2.05) is 6.92 Å². The summed E-state index contributed by atoms with van der Waals surface area (Å²) < 4.78 is 26.6. The average Bonchev–Trinajstić information content (AvgIpc) is 2.70. The molecule has 1 aromatic carbocycles. The number of amides is 1. The molecular formula is C12H11F2N3OS2. The van der Waals surface area contributed by atoms with Crippen LogP contribution in [0.2, 0.25) is 0 Å². The molecule has 0 aliphatic carbocycles. The van der Waals surface area contributed by atoms with Gasteiger partial charge in [0.2, 0.25) is 5.91 Å². The number of nitrogen functional groups attached to an aromatic ring is 1. The molecule has 1 heterocycles. The second-order valence-electron chi connectivity index (χ2n) is 3.89. The molecule has 2 aromatic rings. The van der Waals surface area contributed by atoms with E-state index in [-0.39, 0.29) is 17.3 Å². The minimum absolute atomic E-state index is 0.140. The highest BCUT2D eigenvalue weighted by molar-refractivity contribution is 8.01. The predicted molar refractivity (Wildman–Crippen MR) is 77.0 cm³/mol. The van der Waals surface area contributed by atoms with Gasteiger partial charge in [-0.15, -0.1) is 11.8 Å². The summed E-state index contributed by atoms with van der Waals surface area (Å²) in [4.78, 5) is 15.8. The number of hydrogen-bond donors (Lipinski definition) is 2. The van der Waals surface area contributed by atoms with Gasteiger partial charge in [-0.05, 0) is 19.1 Å². The van der Waals surface area contributed by atoms with Crippen molar-refractivity contribution in [2.24, 2.45) is 0 Å². The molecule has 0 aliphatic rings. The van der Waals surface area contributed by atoms with Crippen molar-refractivity contribution in [3.63, 3.8) is 0 Å². The fraction of sp³-hybridized carbons (Fsp3) is 0.167. The number of benzene rings is 1. The molecule has 4 nitrogen and oxygen atoms in total. The number of anilines is 2. The fourth-order valence-electron chi connectivity index (χ4n) is 1.44. The molecule has 1 amide bonds. The Morgan fingerprint density at radius 2 is 2.20 bits per heavy atom. The maximum Gasteiger partial charge on any atom is 0.234 e. The van der Waals surface area contributed by atoms with Crippen LogP contribution in [0.1, 0.15) is 5.69 Å². The minimum Gasteiger partial charge on any atom is -0.375 e. The Bertz CT molecular complexity index is 646. The first-order chi connectivity index (χ1) is 9.45. The van der Waals surface area contributed by atoms with Crippen LogP contribution in [0.3, 0.4) is 0 Å². The third-order valence-corrected chi connectivity index (χ3v) is 4.66. The van der Waals surface area contributed by atoms with Gasteiger partial charge in [-0.2, -0.15) is 0 Å². The summed E-state index contributed by atoms with van der Waals surface area (Å²) in [6.45, 7) is 1.81. The second-order valence-corrected chi connectivity index (χ2v) is 6.17. The first-order valence-corrected chi connectivity index (χ1v) is 7.36. The zero-order valence-corrected chi connectivity index (χ0v) is 12.1. The Hall–Kier alpha value is -1.67. The SMILES string of the molecule is Cc1nc(N)sc1SCC(=O)Nc1ccc(F)c(F)c1. The van der Waals surface area contributed by atoms with E-state index >= 15 is 0 Å². The normalized spacial score (nSPS) is 10.6. The van der Waals surface area contributed by atoms with Crippen molar-refractivity contribution in [3.05, 3.63) is 35.5 Å². The topological polar surface area (TPSA) is 68.0 Å². The van der Waals surface area contributed by atoms with E-state index < -0.39 is 11.6 Å². The summed E-state index contributed by atoms with van der Waals surface area (Å²) in [5.74, 6) is -2.12. The molecule has 2 rings (SSSR count). The van der Waals surface area contributed by atoms with Crippen LogP contribution in [-0.4, -0.2) is 16.6 Å². The predicted octanol–water partition coefficient (Wildman–Crippen LogP) is 3.04. The molecule has 0 saturated heterocycles. The van der Waals surface area contributed by atoms with E-state index in [2.05, 4.69) is 10.3 Å². The summed E-state index contributed by atoms with van der Waals surface area (Å²) >= 11 is 2.61. The highest BCUT2D eigenvalue weighted by atomic mass is 32.2. The molecule has 0 saturated carbocycles. The zero-order valence-electron chi connectivity index (χ0n) is 10.4. The fourth-order valence-corrected chi connectivity index (χ4v) is 3.26. The number of halogens is 2. The van der Waals surface area contributed by atoms with Crippen LogP contribution in [-0.2, 0) is 4.79 Å². The van der Waals surface area contributed by atoms with Gasteiger partial charge in [0.1, 0.15) is 0 Å². The number of nitrogens with two attached hydrogens (primary N) is 1. The van der Waals surface area contributed by atoms with E-state index in [0.29, 0.717) is 5.13 Å². The molecule has 20 heavy (non-hydrogen) atoms. The van der Waals surface area contributed by atoms with Gasteiger partial charge >= 0.3 is 0 Å². The van der Waals surface area contributed by atoms with E-state index in [9.17, 15) is 13.6 Å². The minimum atomic E-state index is -0.999. The summed E-state index contributed by atoms with van der Waals surface area (Å²) in [7, 11) is 0. The Kier molecular flexibility index (Phi) is 4.56. The standard InChI is InChI=1S/C12H11F2N3OS2/c1-6-11(20-12(15)16-6)19-5-10(18)17-7-2-3-8(13)9(14)4-7/h2-4H,5H2,1H3,(H2,15,16)(H,17,18). The molecule has 0 aliphatic heterocycles. The molecule has 0 atom stereocenters. The first-order valence-electron chi connectivity index (χ1n) is 5.56. The van der Waals surface area contributed by atoms with Gasteiger partial charge in [0.15, 0.2) is 16.8 Å². The second kappa shape index (κ2) is 6.19. The first kappa shape index (κ1) is 14.7. The molecule has 3 N–H and O–H groups in total. The van der Waals surface area contributed by atoms with Crippen LogP contribution >= 0.6 is 23.1 Å². The lowest BCUT2D eigenvalue weighted by Crippen LogP contribution is -2.14. The van der Waals surface area contributed by atoms with E-state index in [1.54, 1.807) is 0 Å². The third kappa shape index (κ3) is 3.67. The number of thiazole rings is 1. The maximum absolute atomic E-state index is 13.0. The third-order valence-electron chi connectivity index (χ3n) is 2.31. The molecule has 8 heteroatoms. The quantitative estimate of drug-likeness (QED) is 0.851. The van der Waals surface area contributed by atoms with Crippen LogP contribution in [0.15, 0.2) is 22.4 Å². The van der Waals surface area contributed by atoms with Crippen molar-refractivity contribution in [1.82, 2.24) is 4.98 Å². The highest BCUT2D eigenvalue weighted by Crippen LogP contribution is 2.30. The Morgan fingerprint density at radius 1 is 1.45 bits per heavy atom. The Labute approximate surface area is 122 Å². The molecule has 0 unspecified atom stereocenters. The number of aromatic nitrogens is 1. The Morgan fingerprint density at radius 3 is 2.80 bits per heavy atom. The van der Waals surface area contributed by atoms with Crippen LogP contribution in [0.25, 0.3) is 0 Å². The van der Waals surface area contributed by atoms with Gasteiger partial charge in [-0.1, -0.05) is 11.3 Å². The van der Waals surface area contributed by atoms with Crippen molar-refractivity contribution < 1.29 is 13.6 Å². The lowest BCUT2D eigenvalue weighted by molar-refractivity contribution is -0.113. The summed E-state index contributed by atoms with van der Waals surface area (Å²) in [5, 5.41) is 2.94. The van der Waals surface area contributed by atoms with Gasteiger partial charge in [0.25, 0.3) is 0 Å². The summed E-state index contributed by atoms with van der Waals surface area (Å²) in [5.41, 5.74) is 6.55. The molecule has 0 fully saturated rings. The number of nitrogens with zero attached hydrogens (tertiary/aromatic N) is 1. The smallest absolute Gasteiger partial charge is 0.234 e. The van der Waals surface area contributed by atoms with Gasteiger partial charge in [-0.25, -0.2) is 13.8 Å². The van der Waals surface area contributed by atoms with Crippen molar-refractivity contribution in [3.8, 4) is 0 Å². The van der Waals surface area contributed by atoms with E-state index in [1.165, 1.54) is 29.2 Å². The number of carbonyl (C=O) groups excluding carboxylic acids is 1. The van der Waals surface area contributed by atoms with Gasteiger partial charge in [0.05, 0.1) is 15.7 Å². The number of carbonyl (C=O) groups is 1. The highest BCUT2D eigenvalue weighted by Gasteiger charge is 2.10. The van der Waals surface area contributed by atoms with E-state index in [0.717, 1.165) is 22.0 Å². The van der Waals surface area contributed by atoms with Crippen LogP contribution in [0.5, 0.6) is 0 Å². The van der Waals surface area contributed by atoms with E-state index in [4.69, 9.17) is 5.73 Å². The van der Waals surface area contributed by atoms with Crippen molar-refractivity contribution >= 4 is 39.8 Å². The number of hydrogen-bond acceptors (Lipinski definition) is 5. The van der Waals surface area contributed by atoms with Crippen molar-refractivity contribution in [1.29, 1.82) is 0 Å². The number of nitrogens with one attached hydrogen (secondary N) is 1. The molecule has 0 radical (unpaired) electrons. The summed E-state index contributed by atoms with van der Waals surface area (Å²) in [6.07, 6.45) is 0. The van der Waals surface area contributed by atoms with Crippen molar-refractivity contribution in [2.75, 3.05) is 16.8 Å². The maximum atomic E-state index is 13.0. The number of rotatable bonds is 4. The lowest BCUT2D eigenvalue weighted by Gasteiger charge is -2.05. The van der Waals surface area contributed by atoms with Gasteiger partial charge < -0.3 is 11.1 Å². The average molecular weight is 315 g/mol. The molecular weight excluding hydrogens is 304 g/mol. The van der Waals surface area contributed by atoms with Gasteiger partial charge in [0, 0.05) is 11.8 Å². The van der Waals surface area contributed by atoms with Crippen LogP contribution < -0.4 is 11.1 Å². The number of aryl methyl sites for hydroxylation is 1. The van der Waals surface area contributed by atoms with Crippen LogP contribution in [0.4, 0.5) is 19.6 Å².